The van der Waals surface area contributed by atoms with E-state index in [2.05, 4.69) is 19.2 Å². The van der Waals surface area contributed by atoms with Crippen LogP contribution in [-0.4, -0.2) is 55.3 Å². The molecule has 18 heavy (non-hydrogen) atoms. The van der Waals surface area contributed by atoms with Crippen LogP contribution < -0.4 is 5.32 Å². The standard InChI is InChI=1S/C12H20N2O4/c1-7(2)4-8-11(15)14-9(12(16)17-3)6-18-10(14)5-13-8/h7-10,13H,4-6H2,1-3H3/t8-,9-,10+/m0/s1. The fourth-order valence-corrected chi connectivity index (χ4v) is 2.50. The molecule has 0 aromatic heterocycles. The summed E-state index contributed by atoms with van der Waals surface area (Å²) in [6, 6.07) is -0.820. The molecule has 3 atom stereocenters. The molecular formula is C12H20N2O4. The molecule has 102 valence electrons. The third-order valence-electron chi connectivity index (χ3n) is 3.36. The smallest absolute Gasteiger partial charge is 0.331 e. The van der Waals surface area contributed by atoms with Crippen LogP contribution in [0.1, 0.15) is 20.3 Å². The molecule has 2 heterocycles. The fourth-order valence-electron chi connectivity index (χ4n) is 2.50. The number of hydrogen-bond acceptors (Lipinski definition) is 5. The zero-order valence-electron chi connectivity index (χ0n) is 11.0. The summed E-state index contributed by atoms with van der Waals surface area (Å²) >= 11 is 0. The Morgan fingerprint density at radius 1 is 1.61 bits per heavy atom. The number of methoxy groups -OCH3 is 1. The minimum atomic E-state index is -0.593. The number of carbonyl (C=O) groups excluding carboxylic acids is 2. The lowest BCUT2D eigenvalue weighted by atomic mass is 10.0. The van der Waals surface area contributed by atoms with Crippen LogP contribution in [0.3, 0.4) is 0 Å². The maximum absolute atomic E-state index is 12.3. The largest absolute Gasteiger partial charge is 0.467 e. The molecule has 0 spiro atoms. The van der Waals surface area contributed by atoms with Crippen molar-refractivity contribution in [1.82, 2.24) is 10.2 Å². The molecule has 2 aliphatic rings. The maximum atomic E-state index is 12.3. The zero-order chi connectivity index (χ0) is 13.3. The second-order valence-electron chi connectivity index (χ2n) is 5.16. The average Bonchev–Trinajstić information content (AvgIpc) is 2.76. The third kappa shape index (κ3) is 2.35. The number of hydrogen-bond donors (Lipinski definition) is 1. The number of piperazine rings is 1. The SMILES string of the molecule is COC(=O)[C@@H]1CO[C@@H]2CN[C@@H](CC(C)C)C(=O)N21. The lowest BCUT2D eigenvalue weighted by molar-refractivity contribution is -0.155. The second-order valence-corrected chi connectivity index (χ2v) is 5.16. The van der Waals surface area contributed by atoms with E-state index >= 15 is 0 Å². The van der Waals surface area contributed by atoms with E-state index in [4.69, 9.17) is 9.47 Å². The number of esters is 1. The van der Waals surface area contributed by atoms with Gasteiger partial charge in [0.15, 0.2) is 6.04 Å². The van der Waals surface area contributed by atoms with Crippen LogP contribution in [0.2, 0.25) is 0 Å². The van der Waals surface area contributed by atoms with Crippen LogP contribution in [0.25, 0.3) is 0 Å². The van der Waals surface area contributed by atoms with Gasteiger partial charge in [0.1, 0.15) is 6.23 Å². The van der Waals surface area contributed by atoms with Crippen molar-refractivity contribution < 1.29 is 19.1 Å². The molecule has 0 bridgehead atoms. The molecule has 1 N–H and O–H groups in total. The predicted octanol–water partition coefficient (Wildman–Crippen LogP) is -0.269. The van der Waals surface area contributed by atoms with Crippen LogP contribution >= 0.6 is 0 Å². The van der Waals surface area contributed by atoms with Crippen molar-refractivity contribution in [3.8, 4) is 0 Å². The number of carbonyl (C=O) groups is 2. The summed E-state index contributed by atoms with van der Waals surface area (Å²) in [7, 11) is 1.33. The van der Waals surface area contributed by atoms with Gasteiger partial charge in [-0.05, 0) is 12.3 Å². The van der Waals surface area contributed by atoms with E-state index in [9.17, 15) is 9.59 Å². The summed E-state index contributed by atoms with van der Waals surface area (Å²) in [5.74, 6) is -0.0491. The lowest BCUT2D eigenvalue weighted by Crippen LogP contribution is -2.61. The molecule has 1 amide bonds. The van der Waals surface area contributed by atoms with Gasteiger partial charge < -0.3 is 14.8 Å². The average molecular weight is 256 g/mol. The minimum Gasteiger partial charge on any atom is -0.467 e. The van der Waals surface area contributed by atoms with Crippen molar-refractivity contribution in [2.24, 2.45) is 5.92 Å². The predicted molar refractivity (Wildman–Crippen MR) is 63.6 cm³/mol. The lowest BCUT2D eigenvalue weighted by Gasteiger charge is -2.36. The van der Waals surface area contributed by atoms with E-state index in [1.165, 1.54) is 12.0 Å². The van der Waals surface area contributed by atoms with E-state index < -0.39 is 12.0 Å². The van der Waals surface area contributed by atoms with Crippen molar-refractivity contribution in [2.45, 2.75) is 38.6 Å². The van der Waals surface area contributed by atoms with Gasteiger partial charge in [0.05, 0.1) is 19.8 Å². The first-order chi connectivity index (χ1) is 8.54. The highest BCUT2D eigenvalue weighted by molar-refractivity contribution is 5.89. The van der Waals surface area contributed by atoms with Crippen molar-refractivity contribution in [3.05, 3.63) is 0 Å². The van der Waals surface area contributed by atoms with Crippen molar-refractivity contribution in [3.63, 3.8) is 0 Å². The molecule has 2 aliphatic heterocycles. The van der Waals surface area contributed by atoms with E-state index in [1.807, 2.05) is 0 Å². The van der Waals surface area contributed by atoms with Gasteiger partial charge in [-0.3, -0.25) is 9.69 Å². The summed E-state index contributed by atoms with van der Waals surface area (Å²) in [6.07, 6.45) is 0.417. The topological polar surface area (TPSA) is 67.9 Å². The highest BCUT2D eigenvalue weighted by atomic mass is 16.5. The normalized spacial score (nSPS) is 31.7. The highest BCUT2D eigenvalue weighted by Crippen LogP contribution is 2.24. The Labute approximate surface area is 107 Å². The van der Waals surface area contributed by atoms with Gasteiger partial charge >= 0.3 is 5.97 Å². The summed E-state index contributed by atoms with van der Waals surface area (Å²) in [5, 5.41) is 3.18. The van der Waals surface area contributed by atoms with Gasteiger partial charge in [-0.1, -0.05) is 13.8 Å². The minimum absolute atomic E-state index is 0.0622. The molecule has 0 aromatic rings. The van der Waals surface area contributed by atoms with Gasteiger partial charge in [0.2, 0.25) is 5.91 Å². The first-order valence-electron chi connectivity index (χ1n) is 6.29. The Bertz CT molecular complexity index is 345. The van der Waals surface area contributed by atoms with Crippen LogP contribution in [-0.2, 0) is 19.1 Å². The molecule has 0 aliphatic carbocycles. The van der Waals surface area contributed by atoms with Crippen molar-refractivity contribution >= 4 is 11.9 Å². The number of rotatable bonds is 3. The molecule has 0 radical (unpaired) electrons. The number of ether oxygens (including phenoxy) is 2. The van der Waals surface area contributed by atoms with E-state index in [0.717, 1.165) is 6.42 Å². The highest BCUT2D eigenvalue weighted by Gasteiger charge is 2.47. The number of amides is 1. The quantitative estimate of drug-likeness (QED) is 0.704. The van der Waals surface area contributed by atoms with Gasteiger partial charge in [0.25, 0.3) is 0 Å². The maximum Gasteiger partial charge on any atom is 0.331 e. The molecule has 2 fully saturated rings. The summed E-state index contributed by atoms with van der Waals surface area (Å²) in [4.78, 5) is 25.5. The molecule has 2 saturated heterocycles. The molecular weight excluding hydrogens is 236 g/mol. The second kappa shape index (κ2) is 5.24. The molecule has 0 saturated carbocycles. The molecule has 2 rings (SSSR count). The first-order valence-corrected chi connectivity index (χ1v) is 6.29. The fraction of sp³-hybridized carbons (Fsp3) is 0.833. The zero-order valence-corrected chi connectivity index (χ0v) is 11.0. The van der Waals surface area contributed by atoms with Gasteiger partial charge in [0, 0.05) is 6.54 Å². The Morgan fingerprint density at radius 2 is 2.33 bits per heavy atom. The van der Waals surface area contributed by atoms with E-state index in [0.29, 0.717) is 12.5 Å². The van der Waals surface area contributed by atoms with Crippen LogP contribution in [0.5, 0.6) is 0 Å². The van der Waals surface area contributed by atoms with E-state index in [1.54, 1.807) is 0 Å². The summed E-state index contributed by atoms with van der Waals surface area (Å²) in [5.41, 5.74) is 0. The Morgan fingerprint density at radius 3 is 2.94 bits per heavy atom. The summed E-state index contributed by atoms with van der Waals surface area (Å²) in [6.45, 7) is 4.93. The number of fused-ring (bicyclic) bond motifs is 1. The Kier molecular flexibility index (Phi) is 3.87. The van der Waals surface area contributed by atoms with Gasteiger partial charge in [-0.25, -0.2) is 4.79 Å². The number of nitrogens with one attached hydrogen (secondary N) is 1. The third-order valence-corrected chi connectivity index (χ3v) is 3.36. The monoisotopic (exact) mass is 256 g/mol. The number of nitrogens with zero attached hydrogens (tertiary/aromatic N) is 1. The van der Waals surface area contributed by atoms with E-state index in [-0.39, 0.29) is 24.8 Å². The van der Waals surface area contributed by atoms with Gasteiger partial charge in [-0.2, -0.15) is 0 Å². The van der Waals surface area contributed by atoms with Crippen LogP contribution in [0, 0.1) is 5.92 Å². The Balaban J connectivity index is 2.10. The first kappa shape index (κ1) is 13.3. The molecule has 6 heteroatoms. The van der Waals surface area contributed by atoms with Crippen molar-refractivity contribution in [1.29, 1.82) is 0 Å². The van der Waals surface area contributed by atoms with Crippen LogP contribution in [0.4, 0.5) is 0 Å². The molecule has 6 nitrogen and oxygen atoms in total. The molecule has 0 aromatic carbocycles. The van der Waals surface area contributed by atoms with Crippen molar-refractivity contribution in [2.75, 3.05) is 20.3 Å². The summed E-state index contributed by atoms with van der Waals surface area (Å²) < 4.78 is 10.2. The Hall–Kier alpha value is -1.14. The van der Waals surface area contributed by atoms with Crippen LogP contribution in [0.15, 0.2) is 0 Å². The molecule has 0 unspecified atom stereocenters. The van der Waals surface area contributed by atoms with Gasteiger partial charge in [-0.15, -0.1) is 0 Å².